The zero-order valence-corrected chi connectivity index (χ0v) is 11.0. The summed E-state index contributed by atoms with van der Waals surface area (Å²) >= 11 is 0. The van der Waals surface area contributed by atoms with Gasteiger partial charge in [-0.25, -0.2) is 4.79 Å². The zero-order valence-electron chi connectivity index (χ0n) is 11.0. The molecule has 0 aliphatic carbocycles. The first kappa shape index (κ1) is 13.8. The van der Waals surface area contributed by atoms with Gasteiger partial charge in [-0.2, -0.15) is 0 Å². The van der Waals surface area contributed by atoms with Crippen molar-refractivity contribution in [2.24, 2.45) is 0 Å². The summed E-state index contributed by atoms with van der Waals surface area (Å²) in [6.45, 7) is 1.98. The highest BCUT2D eigenvalue weighted by Crippen LogP contribution is 2.04. The second-order valence-corrected chi connectivity index (χ2v) is 4.38. The fraction of sp³-hybridized carbons (Fsp3) is 0.200. The van der Waals surface area contributed by atoms with Crippen molar-refractivity contribution in [3.05, 3.63) is 68.5 Å². The highest BCUT2D eigenvalue weighted by molar-refractivity contribution is 5.36. The number of hydrogen-bond donors (Lipinski definition) is 2. The van der Waals surface area contributed by atoms with E-state index in [1.54, 1.807) is 6.92 Å². The molecule has 0 saturated carbocycles. The Morgan fingerprint density at radius 2 is 1.95 bits per heavy atom. The molecule has 20 heavy (non-hydrogen) atoms. The van der Waals surface area contributed by atoms with E-state index in [2.05, 4.69) is 16.8 Å². The topological polar surface area (TPSA) is 75.1 Å². The Morgan fingerprint density at radius 3 is 2.55 bits per heavy atom. The maximum Gasteiger partial charge on any atom is 0.328 e. The summed E-state index contributed by atoms with van der Waals surface area (Å²) in [6, 6.07) is 8.65. The number of aliphatic hydroxyl groups is 1. The molecule has 1 aromatic carbocycles. The van der Waals surface area contributed by atoms with Gasteiger partial charge in [0.25, 0.3) is 5.56 Å². The average Bonchev–Trinajstić information content (AvgIpc) is 2.41. The lowest BCUT2D eigenvalue weighted by atomic mass is 10.1. The van der Waals surface area contributed by atoms with Crippen molar-refractivity contribution in [1.29, 1.82) is 0 Å². The SMILES string of the molecule is CC(O)C#Cc1ccc(Cn2ccc(=O)[nH]c2=O)cc1. The molecular formula is C15H14N2O3. The fourth-order valence-electron chi connectivity index (χ4n) is 1.65. The van der Waals surface area contributed by atoms with Crippen LogP contribution in [0.4, 0.5) is 0 Å². The van der Waals surface area contributed by atoms with E-state index in [1.807, 2.05) is 24.3 Å². The number of aromatic amines is 1. The summed E-state index contributed by atoms with van der Waals surface area (Å²) in [4.78, 5) is 24.7. The molecule has 2 N–H and O–H groups in total. The molecule has 1 aromatic heterocycles. The minimum atomic E-state index is -0.658. The first-order valence-electron chi connectivity index (χ1n) is 6.13. The highest BCUT2D eigenvalue weighted by Gasteiger charge is 1.98. The molecule has 0 spiro atoms. The van der Waals surface area contributed by atoms with Crippen molar-refractivity contribution < 1.29 is 5.11 Å². The molecule has 0 fully saturated rings. The number of rotatable bonds is 2. The Hall–Kier alpha value is -2.58. The Labute approximate surface area is 115 Å². The van der Waals surface area contributed by atoms with Crippen LogP contribution in [0.5, 0.6) is 0 Å². The van der Waals surface area contributed by atoms with Gasteiger partial charge in [0.1, 0.15) is 6.10 Å². The number of hydrogen-bond acceptors (Lipinski definition) is 3. The van der Waals surface area contributed by atoms with Gasteiger partial charge in [-0.15, -0.1) is 0 Å². The fourth-order valence-corrected chi connectivity index (χ4v) is 1.65. The number of benzene rings is 1. The van der Waals surface area contributed by atoms with Crippen LogP contribution in [0.1, 0.15) is 18.1 Å². The zero-order chi connectivity index (χ0) is 14.5. The molecule has 5 heteroatoms. The van der Waals surface area contributed by atoms with Crippen LogP contribution in [0.15, 0.2) is 46.1 Å². The van der Waals surface area contributed by atoms with Gasteiger partial charge in [0, 0.05) is 17.8 Å². The van der Waals surface area contributed by atoms with Crippen LogP contribution in [-0.4, -0.2) is 20.8 Å². The maximum atomic E-state index is 11.5. The van der Waals surface area contributed by atoms with Crippen molar-refractivity contribution in [2.75, 3.05) is 0 Å². The number of H-pyrrole nitrogens is 1. The second kappa shape index (κ2) is 6.04. The third-order valence-electron chi connectivity index (χ3n) is 2.63. The van der Waals surface area contributed by atoms with Gasteiger partial charge in [0.2, 0.25) is 0 Å². The molecule has 0 bridgehead atoms. The normalized spacial score (nSPS) is 11.5. The monoisotopic (exact) mass is 270 g/mol. The Balaban J connectivity index is 2.17. The van der Waals surface area contributed by atoms with E-state index in [0.717, 1.165) is 11.1 Å². The summed E-state index contributed by atoms with van der Waals surface area (Å²) in [6.07, 6.45) is 0.803. The van der Waals surface area contributed by atoms with Crippen LogP contribution in [0.25, 0.3) is 0 Å². The number of aliphatic hydroxyl groups excluding tert-OH is 1. The third-order valence-corrected chi connectivity index (χ3v) is 2.63. The Morgan fingerprint density at radius 1 is 1.25 bits per heavy atom. The number of nitrogens with zero attached hydrogens (tertiary/aromatic N) is 1. The van der Waals surface area contributed by atoms with E-state index in [0.29, 0.717) is 6.54 Å². The lowest BCUT2D eigenvalue weighted by Crippen LogP contribution is -2.28. The Bertz CT molecular complexity index is 758. The van der Waals surface area contributed by atoms with Crippen molar-refractivity contribution in [3.8, 4) is 11.8 Å². The van der Waals surface area contributed by atoms with Crippen LogP contribution in [0, 0.1) is 11.8 Å². The predicted octanol–water partition coefficient (Wildman–Crippen LogP) is 0.317. The number of nitrogens with one attached hydrogen (secondary N) is 1. The highest BCUT2D eigenvalue weighted by atomic mass is 16.3. The van der Waals surface area contributed by atoms with Crippen molar-refractivity contribution >= 4 is 0 Å². The maximum absolute atomic E-state index is 11.5. The van der Waals surface area contributed by atoms with E-state index in [4.69, 9.17) is 5.11 Å². The largest absolute Gasteiger partial charge is 0.381 e. The Kier molecular flexibility index (Phi) is 4.18. The van der Waals surface area contributed by atoms with Gasteiger partial charge in [-0.1, -0.05) is 24.0 Å². The van der Waals surface area contributed by atoms with Gasteiger partial charge >= 0.3 is 5.69 Å². The number of aromatic nitrogens is 2. The summed E-state index contributed by atoms with van der Waals surface area (Å²) in [5, 5.41) is 9.08. The van der Waals surface area contributed by atoms with Gasteiger partial charge in [-0.05, 0) is 24.6 Å². The smallest absolute Gasteiger partial charge is 0.328 e. The van der Waals surface area contributed by atoms with Crippen LogP contribution >= 0.6 is 0 Å². The lowest BCUT2D eigenvalue weighted by molar-refractivity contribution is 0.253. The molecule has 0 radical (unpaired) electrons. The first-order chi connectivity index (χ1) is 9.54. The molecule has 0 aliphatic heterocycles. The van der Waals surface area contributed by atoms with Crippen molar-refractivity contribution in [2.45, 2.75) is 19.6 Å². The van der Waals surface area contributed by atoms with Gasteiger partial charge in [-0.3, -0.25) is 14.3 Å². The minimum absolute atomic E-state index is 0.375. The molecule has 0 saturated heterocycles. The molecule has 5 nitrogen and oxygen atoms in total. The van der Waals surface area contributed by atoms with E-state index in [1.165, 1.54) is 16.8 Å². The predicted molar refractivity (Wildman–Crippen MR) is 75.4 cm³/mol. The first-order valence-corrected chi connectivity index (χ1v) is 6.13. The van der Waals surface area contributed by atoms with Gasteiger partial charge in [0.05, 0.1) is 6.54 Å². The summed E-state index contributed by atoms with van der Waals surface area (Å²) in [5.41, 5.74) is 0.871. The van der Waals surface area contributed by atoms with Crippen LogP contribution in [-0.2, 0) is 6.54 Å². The van der Waals surface area contributed by atoms with E-state index in [9.17, 15) is 9.59 Å². The van der Waals surface area contributed by atoms with Crippen LogP contribution in [0.2, 0.25) is 0 Å². The molecule has 2 rings (SSSR count). The van der Waals surface area contributed by atoms with Crippen LogP contribution in [0.3, 0.4) is 0 Å². The van der Waals surface area contributed by atoms with E-state index in [-0.39, 0.29) is 0 Å². The van der Waals surface area contributed by atoms with Crippen molar-refractivity contribution in [1.82, 2.24) is 9.55 Å². The average molecular weight is 270 g/mol. The van der Waals surface area contributed by atoms with Crippen molar-refractivity contribution in [3.63, 3.8) is 0 Å². The summed E-state index contributed by atoms with van der Waals surface area (Å²) < 4.78 is 1.41. The van der Waals surface area contributed by atoms with E-state index >= 15 is 0 Å². The van der Waals surface area contributed by atoms with Gasteiger partial charge in [0.15, 0.2) is 0 Å². The molecule has 0 aliphatic rings. The molecule has 1 atom stereocenters. The molecular weight excluding hydrogens is 256 g/mol. The molecule has 1 unspecified atom stereocenters. The third kappa shape index (κ3) is 3.70. The standard InChI is InChI=1S/C15H14N2O3/c1-11(18)2-3-12-4-6-13(7-5-12)10-17-9-8-14(19)16-15(17)20/h4-9,11,18H,10H2,1H3,(H,16,19,20). The summed E-state index contributed by atoms with van der Waals surface area (Å²) in [5.74, 6) is 5.49. The second-order valence-electron chi connectivity index (χ2n) is 4.38. The molecule has 2 aromatic rings. The minimum Gasteiger partial charge on any atom is -0.381 e. The van der Waals surface area contributed by atoms with E-state index < -0.39 is 17.4 Å². The quantitative estimate of drug-likeness (QED) is 0.772. The summed E-state index contributed by atoms with van der Waals surface area (Å²) in [7, 11) is 0. The molecule has 0 amide bonds. The lowest BCUT2D eigenvalue weighted by Gasteiger charge is -2.04. The van der Waals surface area contributed by atoms with Gasteiger partial charge < -0.3 is 5.11 Å². The van der Waals surface area contributed by atoms with Crippen LogP contribution < -0.4 is 11.2 Å². The molecule has 102 valence electrons. The molecule has 1 heterocycles.